The summed E-state index contributed by atoms with van der Waals surface area (Å²) in [6, 6.07) is 1.63. The van der Waals surface area contributed by atoms with Crippen LogP contribution in [0.3, 0.4) is 0 Å². The van der Waals surface area contributed by atoms with Crippen LogP contribution in [0.2, 0.25) is 0 Å². The number of rotatable bonds is 3. The molecule has 0 radical (unpaired) electrons. The number of H-pyrrole nitrogens is 1. The van der Waals surface area contributed by atoms with Gasteiger partial charge in [0.25, 0.3) is 0 Å². The SMILES string of the molecule is NCc1cc(S(=O)(=O)N2CCCCCC2)c[nH]1. The van der Waals surface area contributed by atoms with Gasteiger partial charge in [0.1, 0.15) is 0 Å². The Morgan fingerprint density at radius 3 is 2.41 bits per heavy atom. The zero-order chi connectivity index (χ0) is 12.3. The number of nitrogens with one attached hydrogen (secondary N) is 1. The number of sulfonamides is 1. The summed E-state index contributed by atoms with van der Waals surface area (Å²) >= 11 is 0. The molecule has 3 N–H and O–H groups in total. The van der Waals surface area contributed by atoms with Crippen LogP contribution < -0.4 is 5.73 Å². The first-order chi connectivity index (χ1) is 8.14. The second kappa shape index (κ2) is 5.20. The molecule has 1 aliphatic rings. The second-order valence-corrected chi connectivity index (χ2v) is 6.32. The van der Waals surface area contributed by atoms with E-state index in [1.807, 2.05) is 0 Å². The Labute approximate surface area is 102 Å². The van der Waals surface area contributed by atoms with Crippen molar-refractivity contribution >= 4 is 10.0 Å². The molecule has 1 fully saturated rings. The van der Waals surface area contributed by atoms with Gasteiger partial charge >= 0.3 is 0 Å². The van der Waals surface area contributed by atoms with Crippen LogP contribution in [0.4, 0.5) is 0 Å². The first-order valence-corrected chi connectivity index (χ1v) is 7.46. The third-order valence-corrected chi connectivity index (χ3v) is 5.02. The molecule has 17 heavy (non-hydrogen) atoms. The average molecular weight is 257 g/mol. The van der Waals surface area contributed by atoms with Gasteiger partial charge in [-0.25, -0.2) is 8.42 Å². The molecule has 0 unspecified atom stereocenters. The molecule has 1 saturated heterocycles. The van der Waals surface area contributed by atoms with E-state index in [9.17, 15) is 8.42 Å². The third kappa shape index (κ3) is 2.70. The lowest BCUT2D eigenvalue weighted by Gasteiger charge is -2.18. The first-order valence-electron chi connectivity index (χ1n) is 6.02. The summed E-state index contributed by atoms with van der Waals surface area (Å²) in [5, 5.41) is 0. The lowest BCUT2D eigenvalue weighted by atomic mass is 10.2. The molecule has 6 heteroatoms. The summed E-state index contributed by atoms with van der Waals surface area (Å²) in [4.78, 5) is 3.22. The minimum Gasteiger partial charge on any atom is -0.363 e. The summed E-state index contributed by atoms with van der Waals surface area (Å²) in [5.41, 5.74) is 6.22. The van der Waals surface area contributed by atoms with Gasteiger partial charge in [-0.1, -0.05) is 12.8 Å². The van der Waals surface area contributed by atoms with Crippen LogP contribution in [-0.4, -0.2) is 30.8 Å². The van der Waals surface area contributed by atoms with Crippen molar-refractivity contribution in [1.82, 2.24) is 9.29 Å². The molecule has 0 amide bonds. The van der Waals surface area contributed by atoms with Gasteiger partial charge in [-0.2, -0.15) is 4.31 Å². The molecule has 2 rings (SSSR count). The van der Waals surface area contributed by atoms with Gasteiger partial charge in [0.05, 0.1) is 4.90 Å². The lowest BCUT2D eigenvalue weighted by molar-refractivity contribution is 0.424. The van der Waals surface area contributed by atoms with Crippen molar-refractivity contribution in [2.75, 3.05) is 13.1 Å². The largest absolute Gasteiger partial charge is 0.363 e. The Morgan fingerprint density at radius 1 is 1.24 bits per heavy atom. The van der Waals surface area contributed by atoms with Crippen LogP contribution >= 0.6 is 0 Å². The minimum absolute atomic E-state index is 0.329. The molecule has 2 heterocycles. The fourth-order valence-electron chi connectivity index (χ4n) is 2.12. The van der Waals surface area contributed by atoms with Crippen molar-refractivity contribution in [3.63, 3.8) is 0 Å². The van der Waals surface area contributed by atoms with Crippen LogP contribution in [0.1, 0.15) is 31.4 Å². The highest BCUT2D eigenvalue weighted by molar-refractivity contribution is 7.89. The van der Waals surface area contributed by atoms with Crippen molar-refractivity contribution in [2.45, 2.75) is 37.1 Å². The van der Waals surface area contributed by atoms with Gasteiger partial charge in [0.15, 0.2) is 0 Å². The molecule has 5 nitrogen and oxygen atoms in total. The molecule has 0 saturated carbocycles. The fraction of sp³-hybridized carbons (Fsp3) is 0.636. The van der Waals surface area contributed by atoms with E-state index in [0.29, 0.717) is 24.5 Å². The van der Waals surface area contributed by atoms with E-state index in [0.717, 1.165) is 31.4 Å². The molecular formula is C11H19N3O2S. The predicted molar refractivity (Wildman–Crippen MR) is 65.9 cm³/mol. The van der Waals surface area contributed by atoms with E-state index in [1.54, 1.807) is 10.4 Å². The van der Waals surface area contributed by atoms with Gasteiger partial charge in [-0.3, -0.25) is 0 Å². The van der Waals surface area contributed by atoms with Gasteiger partial charge < -0.3 is 10.7 Å². The van der Waals surface area contributed by atoms with Crippen molar-refractivity contribution in [3.8, 4) is 0 Å². The monoisotopic (exact) mass is 257 g/mol. The van der Waals surface area contributed by atoms with Gasteiger partial charge in [-0.05, 0) is 18.9 Å². The standard InChI is InChI=1S/C11H19N3O2S/c12-8-10-7-11(9-13-10)17(15,16)14-5-3-1-2-4-6-14/h7,9,13H,1-6,8,12H2. The van der Waals surface area contributed by atoms with Crippen molar-refractivity contribution in [1.29, 1.82) is 0 Å². The van der Waals surface area contributed by atoms with Crippen LogP contribution in [-0.2, 0) is 16.6 Å². The summed E-state index contributed by atoms with van der Waals surface area (Å²) in [6.07, 6.45) is 5.67. The number of nitrogens with two attached hydrogens (primary N) is 1. The molecule has 0 atom stereocenters. The number of hydrogen-bond acceptors (Lipinski definition) is 3. The van der Waals surface area contributed by atoms with Crippen LogP contribution in [0.5, 0.6) is 0 Å². The summed E-state index contributed by atoms with van der Waals surface area (Å²) in [5.74, 6) is 0. The van der Waals surface area contributed by atoms with Crippen molar-refractivity contribution in [2.24, 2.45) is 5.73 Å². The molecule has 1 aromatic rings. The van der Waals surface area contributed by atoms with Gasteiger partial charge in [0, 0.05) is 31.5 Å². The average Bonchev–Trinajstić information content (AvgIpc) is 2.64. The maximum Gasteiger partial charge on any atom is 0.244 e. The van der Waals surface area contributed by atoms with Gasteiger partial charge in [0.2, 0.25) is 10.0 Å². The topological polar surface area (TPSA) is 79.2 Å². The van der Waals surface area contributed by atoms with Crippen LogP contribution in [0, 0.1) is 0 Å². The Kier molecular flexibility index (Phi) is 3.86. The van der Waals surface area contributed by atoms with E-state index >= 15 is 0 Å². The maximum atomic E-state index is 12.3. The highest BCUT2D eigenvalue weighted by Crippen LogP contribution is 2.20. The highest BCUT2D eigenvalue weighted by atomic mass is 32.2. The minimum atomic E-state index is -3.33. The smallest absolute Gasteiger partial charge is 0.244 e. The zero-order valence-corrected chi connectivity index (χ0v) is 10.7. The summed E-state index contributed by atoms with van der Waals surface area (Å²) in [6.45, 7) is 1.59. The molecule has 1 aliphatic heterocycles. The Hall–Kier alpha value is -0.850. The molecule has 0 aliphatic carbocycles. The number of aromatic nitrogens is 1. The van der Waals surface area contributed by atoms with Crippen LogP contribution in [0.15, 0.2) is 17.2 Å². The third-order valence-electron chi connectivity index (χ3n) is 3.14. The van der Waals surface area contributed by atoms with Crippen molar-refractivity contribution < 1.29 is 8.42 Å². The Morgan fingerprint density at radius 2 is 1.88 bits per heavy atom. The normalized spacial score (nSPS) is 19.1. The molecule has 1 aromatic heterocycles. The molecule has 0 aromatic carbocycles. The van der Waals surface area contributed by atoms with E-state index in [2.05, 4.69) is 4.98 Å². The van der Waals surface area contributed by atoms with E-state index in [1.165, 1.54) is 6.20 Å². The second-order valence-electron chi connectivity index (χ2n) is 4.38. The fourth-order valence-corrected chi connectivity index (χ4v) is 3.65. The quantitative estimate of drug-likeness (QED) is 0.849. The van der Waals surface area contributed by atoms with E-state index < -0.39 is 10.0 Å². The maximum absolute atomic E-state index is 12.3. The summed E-state index contributed by atoms with van der Waals surface area (Å²) in [7, 11) is -3.33. The summed E-state index contributed by atoms with van der Waals surface area (Å²) < 4.78 is 26.3. The lowest BCUT2D eigenvalue weighted by Crippen LogP contribution is -2.31. The molecular weight excluding hydrogens is 238 g/mol. The molecule has 0 spiro atoms. The van der Waals surface area contributed by atoms with Crippen molar-refractivity contribution in [3.05, 3.63) is 18.0 Å². The number of hydrogen-bond donors (Lipinski definition) is 2. The van der Waals surface area contributed by atoms with E-state index in [4.69, 9.17) is 5.73 Å². The number of aromatic amines is 1. The van der Waals surface area contributed by atoms with Gasteiger partial charge in [-0.15, -0.1) is 0 Å². The van der Waals surface area contributed by atoms with E-state index in [-0.39, 0.29) is 0 Å². The van der Waals surface area contributed by atoms with Crippen LogP contribution in [0.25, 0.3) is 0 Å². The Balaban J connectivity index is 2.22. The first kappa shape index (κ1) is 12.6. The molecule has 0 bridgehead atoms. The Bertz CT molecular complexity index is 459. The number of nitrogens with zero attached hydrogens (tertiary/aromatic N) is 1. The predicted octanol–water partition coefficient (Wildman–Crippen LogP) is 1.04. The zero-order valence-electron chi connectivity index (χ0n) is 9.85. The molecule has 96 valence electrons. The highest BCUT2D eigenvalue weighted by Gasteiger charge is 2.25.